The first-order valence-corrected chi connectivity index (χ1v) is 4.01. The maximum Gasteiger partial charge on any atom is 0.116 e. The Morgan fingerprint density at radius 3 is 2.27 bits per heavy atom. The highest BCUT2D eigenvalue weighted by Crippen LogP contribution is 2.35. The molecular weight excluding hydrogens is 160 g/mol. The van der Waals surface area contributed by atoms with Crippen molar-refractivity contribution < 1.29 is 4.74 Å². The highest BCUT2D eigenvalue weighted by molar-refractivity contribution is 6.24. The number of hydrogen-bond donors (Lipinski definition) is 0. The Labute approximate surface area is 70.9 Å². The first-order valence-electron chi connectivity index (χ1n) is 3.63. The molecule has 0 bridgehead atoms. The Balaban J connectivity index is 2.29. The standard InChI is InChI=1S/C9H9ClO/c10-9(6-11-7-9)8-4-2-1-3-5-8/h1-5H,6-7H2. The van der Waals surface area contributed by atoms with Crippen LogP contribution in [0, 0.1) is 0 Å². The SMILES string of the molecule is ClC1(c2ccccc2)COC1. The highest BCUT2D eigenvalue weighted by atomic mass is 35.5. The Morgan fingerprint density at radius 2 is 1.82 bits per heavy atom. The maximum absolute atomic E-state index is 6.21. The predicted molar refractivity (Wildman–Crippen MR) is 44.8 cm³/mol. The molecular formula is C9H9ClO. The van der Waals surface area contributed by atoms with Crippen molar-refractivity contribution in [3.8, 4) is 0 Å². The number of hydrogen-bond acceptors (Lipinski definition) is 1. The van der Waals surface area contributed by atoms with Gasteiger partial charge in [0.15, 0.2) is 0 Å². The summed E-state index contributed by atoms with van der Waals surface area (Å²) in [5, 5.41) is 0. The quantitative estimate of drug-likeness (QED) is 0.584. The van der Waals surface area contributed by atoms with Gasteiger partial charge in [0.2, 0.25) is 0 Å². The Morgan fingerprint density at radius 1 is 1.18 bits per heavy atom. The van der Waals surface area contributed by atoms with Crippen LogP contribution in [-0.4, -0.2) is 13.2 Å². The molecule has 11 heavy (non-hydrogen) atoms. The van der Waals surface area contributed by atoms with Crippen LogP contribution in [-0.2, 0) is 9.61 Å². The summed E-state index contributed by atoms with van der Waals surface area (Å²) in [5.74, 6) is 0. The van der Waals surface area contributed by atoms with Gasteiger partial charge >= 0.3 is 0 Å². The molecule has 58 valence electrons. The molecule has 1 aromatic rings. The monoisotopic (exact) mass is 168 g/mol. The third-order valence-corrected chi connectivity index (χ3v) is 2.39. The van der Waals surface area contributed by atoms with E-state index in [4.69, 9.17) is 16.3 Å². The molecule has 0 aromatic heterocycles. The topological polar surface area (TPSA) is 9.23 Å². The Bertz CT molecular complexity index is 241. The molecule has 0 radical (unpaired) electrons. The molecule has 2 heteroatoms. The van der Waals surface area contributed by atoms with Crippen LogP contribution in [0.1, 0.15) is 5.56 Å². The second-order valence-electron chi connectivity index (χ2n) is 2.82. The van der Waals surface area contributed by atoms with Gasteiger partial charge in [0.1, 0.15) is 4.87 Å². The molecule has 1 fully saturated rings. The zero-order valence-corrected chi connectivity index (χ0v) is 6.84. The van der Waals surface area contributed by atoms with E-state index in [0.29, 0.717) is 13.2 Å². The molecule has 1 nitrogen and oxygen atoms in total. The maximum atomic E-state index is 6.21. The van der Waals surface area contributed by atoms with E-state index in [9.17, 15) is 0 Å². The van der Waals surface area contributed by atoms with Crippen molar-refractivity contribution in [3.63, 3.8) is 0 Å². The molecule has 0 aliphatic carbocycles. The number of halogens is 1. The lowest BCUT2D eigenvalue weighted by molar-refractivity contribution is -0.0152. The van der Waals surface area contributed by atoms with Crippen molar-refractivity contribution in [2.45, 2.75) is 4.87 Å². The summed E-state index contributed by atoms with van der Waals surface area (Å²) in [5.41, 5.74) is 1.16. The van der Waals surface area contributed by atoms with Gasteiger partial charge in [0.05, 0.1) is 13.2 Å². The molecule has 1 aromatic carbocycles. The van der Waals surface area contributed by atoms with Crippen LogP contribution in [0.5, 0.6) is 0 Å². The predicted octanol–water partition coefficient (Wildman–Crippen LogP) is 2.15. The second-order valence-corrected chi connectivity index (χ2v) is 3.55. The van der Waals surface area contributed by atoms with Crippen molar-refractivity contribution >= 4 is 11.6 Å². The Hall–Kier alpha value is -0.530. The zero-order valence-electron chi connectivity index (χ0n) is 6.09. The molecule has 0 unspecified atom stereocenters. The van der Waals surface area contributed by atoms with Gasteiger partial charge < -0.3 is 4.74 Å². The fourth-order valence-corrected chi connectivity index (χ4v) is 1.47. The zero-order chi connectivity index (χ0) is 7.73. The van der Waals surface area contributed by atoms with Crippen LogP contribution in [0.25, 0.3) is 0 Å². The third-order valence-electron chi connectivity index (χ3n) is 1.95. The van der Waals surface area contributed by atoms with E-state index < -0.39 is 0 Å². The van der Waals surface area contributed by atoms with E-state index in [-0.39, 0.29) is 4.87 Å². The van der Waals surface area contributed by atoms with E-state index in [1.54, 1.807) is 0 Å². The first-order chi connectivity index (χ1) is 5.31. The van der Waals surface area contributed by atoms with Crippen LogP contribution < -0.4 is 0 Å². The highest BCUT2D eigenvalue weighted by Gasteiger charge is 2.37. The fourth-order valence-electron chi connectivity index (χ4n) is 1.18. The summed E-state index contributed by atoms with van der Waals surface area (Å²) in [6.45, 7) is 1.27. The molecule has 2 rings (SSSR count). The molecule has 0 amide bonds. The van der Waals surface area contributed by atoms with Crippen LogP contribution in [0.3, 0.4) is 0 Å². The minimum absolute atomic E-state index is 0.235. The summed E-state index contributed by atoms with van der Waals surface area (Å²) in [4.78, 5) is -0.235. The molecule has 0 spiro atoms. The van der Waals surface area contributed by atoms with Crippen LogP contribution >= 0.6 is 11.6 Å². The van der Waals surface area contributed by atoms with Crippen molar-refractivity contribution in [2.75, 3.05) is 13.2 Å². The van der Waals surface area contributed by atoms with Crippen molar-refractivity contribution in [3.05, 3.63) is 35.9 Å². The van der Waals surface area contributed by atoms with Gasteiger partial charge in [-0.3, -0.25) is 0 Å². The van der Waals surface area contributed by atoms with Crippen LogP contribution in [0.4, 0.5) is 0 Å². The summed E-state index contributed by atoms with van der Waals surface area (Å²) in [6.07, 6.45) is 0. The second kappa shape index (κ2) is 2.50. The molecule has 1 saturated heterocycles. The van der Waals surface area contributed by atoms with Gasteiger partial charge in [-0.05, 0) is 5.56 Å². The molecule has 0 saturated carbocycles. The van der Waals surface area contributed by atoms with Gasteiger partial charge in [-0.2, -0.15) is 0 Å². The van der Waals surface area contributed by atoms with Crippen molar-refractivity contribution in [2.24, 2.45) is 0 Å². The normalized spacial score (nSPS) is 20.8. The fraction of sp³-hybridized carbons (Fsp3) is 0.333. The number of benzene rings is 1. The van der Waals surface area contributed by atoms with E-state index in [1.807, 2.05) is 30.3 Å². The summed E-state index contributed by atoms with van der Waals surface area (Å²) in [6, 6.07) is 10.1. The summed E-state index contributed by atoms with van der Waals surface area (Å²) < 4.78 is 5.06. The molecule has 0 atom stereocenters. The number of alkyl halides is 1. The van der Waals surface area contributed by atoms with Gasteiger partial charge in [0.25, 0.3) is 0 Å². The molecule has 0 N–H and O–H groups in total. The molecule has 1 heterocycles. The summed E-state index contributed by atoms with van der Waals surface area (Å²) >= 11 is 6.21. The van der Waals surface area contributed by atoms with E-state index in [1.165, 1.54) is 0 Å². The minimum atomic E-state index is -0.235. The summed E-state index contributed by atoms with van der Waals surface area (Å²) in [7, 11) is 0. The van der Waals surface area contributed by atoms with Crippen molar-refractivity contribution in [1.82, 2.24) is 0 Å². The molecule has 1 aliphatic heterocycles. The third kappa shape index (κ3) is 1.15. The average molecular weight is 169 g/mol. The Kier molecular flexibility index (Phi) is 1.63. The van der Waals surface area contributed by atoms with Gasteiger partial charge in [0, 0.05) is 0 Å². The lowest BCUT2D eigenvalue weighted by Crippen LogP contribution is -2.41. The van der Waals surface area contributed by atoms with Gasteiger partial charge in [-0.25, -0.2) is 0 Å². The lowest BCUT2D eigenvalue weighted by atomic mass is 9.97. The van der Waals surface area contributed by atoms with Gasteiger partial charge in [-0.15, -0.1) is 11.6 Å². The van der Waals surface area contributed by atoms with Crippen LogP contribution in [0.15, 0.2) is 30.3 Å². The average Bonchev–Trinajstić information content (AvgIpc) is 2.02. The van der Waals surface area contributed by atoms with Crippen LogP contribution in [0.2, 0.25) is 0 Å². The van der Waals surface area contributed by atoms with E-state index >= 15 is 0 Å². The number of rotatable bonds is 1. The lowest BCUT2D eigenvalue weighted by Gasteiger charge is -2.35. The molecule has 1 aliphatic rings. The van der Waals surface area contributed by atoms with Crippen molar-refractivity contribution in [1.29, 1.82) is 0 Å². The van der Waals surface area contributed by atoms with E-state index in [0.717, 1.165) is 5.56 Å². The number of ether oxygens (including phenoxy) is 1. The van der Waals surface area contributed by atoms with E-state index in [2.05, 4.69) is 0 Å². The minimum Gasteiger partial charge on any atom is -0.377 e. The smallest absolute Gasteiger partial charge is 0.116 e. The first kappa shape index (κ1) is 7.14. The largest absolute Gasteiger partial charge is 0.377 e. The van der Waals surface area contributed by atoms with Gasteiger partial charge in [-0.1, -0.05) is 30.3 Å².